The third kappa shape index (κ3) is 3.21. The number of hydrogen-bond acceptors (Lipinski definition) is 3. The number of rotatable bonds is 5. The monoisotopic (exact) mass is 349 g/mol. The molecule has 0 aliphatic heterocycles. The van der Waals surface area contributed by atoms with Crippen molar-refractivity contribution in [2.45, 2.75) is 19.9 Å². The number of fused-ring (bicyclic) bond motifs is 1. The standard InChI is InChI=1S/C20H19N3O3/c1-3-7-16-14(4-2)18(22-23(20(16)26)12-19(24)25)10-13-11-21-17-9-6-5-8-15(13)17/h3-9,11,21H,1,10,12H2,2H3,(H,24,25)/b14-4+,16-7+. The van der Waals surface area contributed by atoms with Crippen molar-refractivity contribution in [2.24, 2.45) is 0 Å². The molecule has 1 aromatic carbocycles. The molecule has 0 spiro atoms. The lowest BCUT2D eigenvalue weighted by atomic mass is 10.1. The molecule has 0 saturated carbocycles. The zero-order valence-corrected chi connectivity index (χ0v) is 14.4. The van der Waals surface area contributed by atoms with E-state index in [1.54, 1.807) is 6.08 Å². The summed E-state index contributed by atoms with van der Waals surface area (Å²) in [6.45, 7) is 5.00. The van der Waals surface area contributed by atoms with Crippen molar-refractivity contribution in [3.63, 3.8) is 0 Å². The van der Waals surface area contributed by atoms with Crippen LogP contribution in [0.15, 0.2) is 47.9 Å². The summed E-state index contributed by atoms with van der Waals surface area (Å²) in [5.74, 6) is -1.12. The quantitative estimate of drug-likeness (QED) is 0.724. The molecule has 2 N–H and O–H groups in total. The van der Waals surface area contributed by atoms with Gasteiger partial charge in [-0.3, -0.25) is 9.59 Å². The molecule has 0 bridgehead atoms. The van der Waals surface area contributed by atoms with E-state index < -0.39 is 18.1 Å². The number of aromatic amines is 1. The molecular formula is C20H19N3O3. The van der Waals surface area contributed by atoms with Gasteiger partial charge in [0.15, 0.2) is 0 Å². The minimum atomic E-state index is -1.12. The highest BCUT2D eigenvalue weighted by molar-refractivity contribution is 5.83. The fraction of sp³-hybridized carbons (Fsp3) is 0.150. The lowest BCUT2D eigenvalue weighted by Gasteiger charge is -2.07. The maximum Gasteiger partial charge on any atom is 0.325 e. The summed E-state index contributed by atoms with van der Waals surface area (Å²) in [5.41, 5.74) is 2.25. The Labute approximate surface area is 149 Å². The van der Waals surface area contributed by atoms with Gasteiger partial charge in [-0.2, -0.15) is 5.10 Å². The topological polar surface area (TPSA) is 88.0 Å². The molecule has 0 aliphatic rings. The number of carboxylic acids is 1. The lowest BCUT2D eigenvalue weighted by molar-refractivity contribution is -0.138. The van der Waals surface area contributed by atoms with E-state index in [9.17, 15) is 9.59 Å². The van der Waals surface area contributed by atoms with Gasteiger partial charge in [-0.05, 0) is 24.6 Å². The van der Waals surface area contributed by atoms with Crippen LogP contribution in [0.4, 0.5) is 0 Å². The van der Waals surface area contributed by atoms with Gasteiger partial charge < -0.3 is 10.1 Å². The highest BCUT2D eigenvalue weighted by Gasteiger charge is 2.12. The van der Waals surface area contributed by atoms with Crippen LogP contribution in [-0.2, 0) is 17.8 Å². The molecular weight excluding hydrogens is 330 g/mol. The van der Waals surface area contributed by atoms with Crippen LogP contribution >= 0.6 is 0 Å². The predicted octanol–water partition coefficient (Wildman–Crippen LogP) is 1.17. The number of carbonyl (C=O) groups is 1. The van der Waals surface area contributed by atoms with E-state index >= 15 is 0 Å². The smallest absolute Gasteiger partial charge is 0.325 e. The largest absolute Gasteiger partial charge is 0.480 e. The predicted molar refractivity (Wildman–Crippen MR) is 101 cm³/mol. The number of benzene rings is 1. The Balaban J connectivity index is 2.24. The van der Waals surface area contributed by atoms with Crippen molar-refractivity contribution in [3.05, 3.63) is 75.2 Å². The van der Waals surface area contributed by atoms with Crippen LogP contribution in [0.25, 0.3) is 23.1 Å². The van der Waals surface area contributed by atoms with Crippen molar-refractivity contribution in [2.75, 3.05) is 0 Å². The Morgan fingerprint density at radius 2 is 2.12 bits per heavy atom. The van der Waals surface area contributed by atoms with Gasteiger partial charge in [0.25, 0.3) is 5.56 Å². The Morgan fingerprint density at radius 3 is 2.81 bits per heavy atom. The zero-order chi connectivity index (χ0) is 18.7. The number of nitrogens with zero attached hydrogens (tertiary/aromatic N) is 2. The van der Waals surface area contributed by atoms with Crippen LogP contribution in [0.1, 0.15) is 18.2 Å². The van der Waals surface area contributed by atoms with Gasteiger partial charge in [-0.15, -0.1) is 0 Å². The summed E-state index contributed by atoms with van der Waals surface area (Å²) >= 11 is 0. The average Bonchev–Trinajstić information content (AvgIpc) is 3.02. The third-order valence-electron chi connectivity index (χ3n) is 4.20. The summed E-state index contributed by atoms with van der Waals surface area (Å²) in [6, 6.07) is 7.92. The molecule has 6 heteroatoms. The molecule has 0 aliphatic carbocycles. The van der Waals surface area contributed by atoms with Crippen molar-refractivity contribution < 1.29 is 9.90 Å². The van der Waals surface area contributed by atoms with Gasteiger partial charge in [-0.1, -0.05) is 36.9 Å². The Morgan fingerprint density at radius 1 is 1.35 bits per heavy atom. The minimum absolute atomic E-state index is 0.397. The number of aromatic nitrogens is 3. The lowest BCUT2D eigenvalue weighted by Crippen LogP contribution is -2.49. The van der Waals surface area contributed by atoms with E-state index in [0.717, 1.165) is 21.1 Å². The van der Waals surface area contributed by atoms with E-state index in [1.807, 2.05) is 43.5 Å². The van der Waals surface area contributed by atoms with Gasteiger partial charge in [0.2, 0.25) is 0 Å². The van der Waals surface area contributed by atoms with Crippen molar-refractivity contribution >= 4 is 29.0 Å². The molecule has 6 nitrogen and oxygen atoms in total. The summed E-state index contributed by atoms with van der Waals surface area (Å²) < 4.78 is 0.995. The second-order valence-electron chi connectivity index (χ2n) is 5.86. The molecule has 132 valence electrons. The first-order valence-corrected chi connectivity index (χ1v) is 8.21. The maximum absolute atomic E-state index is 12.6. The van der Waals surface area contributed by atoms with E-state index in [0.29, 0.717) is 22.6 Å². The SMILES string of the molecule is C=C/C=c1/c(=O)n(CC(=O)O)nc(Cc2c[nH]c3ccccc23)/c1=C/C. The number of H-pyrrole nitrogens is 1. The van der Waals surface area contributed by atoms with Gasteiger partial charge >= 0.3 is 5.97 Å². The Hall–Kier alpha value is -3.41. The minimum Gasteiger partial charge on any atom is -0.480 e. The second-order valence-corrected chi connectivity index (χ2v) is 5.86. The normalized spacial score (nSPS) is 12.7. The first-order valence-electron chi connectivity index (χ1n) is 8.21. The van der Waals surface area contributed by atoms with E-state index in [1.165, 1.54) is 6.08 Å². The van der Waals surface area contributed by atoms with Crippen LogP contribution in [0.3, 0.4) is 0 Å². The summed E-state index contributed by atoms with van der Waals surface area (Å²) in [7, 11) is 0. The first-order chi connectivity index (χ1) is 12.5. The molecule has 0 fully saturated rings. The molecule has 0 saturated heterocycles. The number of allylic oxidation sites excluding steroid dienone is 1. The number of carboxylic acid groups (broad SMARTS) is 1. The highest BCUT2D eigenvalue weighted by atomic mass is 16.4. The van der Waals surface area contributed by atoms with Crippen molar-refractivity contribution in [1.29, 1.82) is 0 Å². The van der Waals surface area contributed by atoms with E-state index in [-0.39, 0.29) is 0 Å². The summed E-state index contributed by atoms with van der Waals surface area (Å²) in [6.07, 6.45) is 7.32. The van der Waals surface area contributed by atoms with Gasteiger partial charge in [0, 0.05) is 28.7 Å². The summed E-state index contributed by atoms with van der Waals surface area (Å²) in [4.78, 5) is 26.9. The molecule has 0 radical (unpaired) electrons. The zero-order valence-electron chi connectivity index (χ0n) is 14.4. The van der Waals surface area contributed by atoms with Crippen LogP contribution in [0, 0.1) is 0 Å². The van der Waals surface area contributed by atoms with Gasteiger partial charge in [0.05, 0.1) is 10.9 Å². The van der Waals surface area contributed by atoms with Crippen molar-refractivity contribution in [1.82, 2.24) is 14.8 Å². The van der Waals surface area contributed by atoms with Crippen LogP contribution in [0.5, 0.6) is 0 Å². The number of hydrogen-bond donors (Lipinski definition) is 2. The Bertz CT molecular complexity index is 1170. The molecule has 26 heavy (non-hydrogen) atoms. The molecule has 0 unspecified atom stereocenters. The van der Waals surface area contributed by atoms with Crippen LogP contribution in [0.2, 0.25) is 0 Å². The number of nitrogens with one attached hydrogen (secondary N) is 1. The molecule has 2 heterocycles. The first kappa shape index (κ1) is 17.4. The highest BCUT2D eigenvalue weighted by Crippen LogP contribution is 2.19. The molecule has 2 aromatic heterocycles. The van der Waals surface area contributed by atoms with E-state index in [4.69, 9.17) is 5.11 Å². The second kappa shape index (κ2) is 7.23. The Kier molecular flexibility index (Phi) is 4.84. The fourth-order valence-corrected chi connectivity index (χ4v) is 3.08. The van der Waals surface area contributed by atoms with Gasteiger partial charge in [0.1, 0.15) is 6.54 Å². The molecule has 0 amide bonds. The third-order valence-corrected chi connectivity index (χ3v) is 4.20. The fourth-order valence-electron chi connectivity index (χ4n) is 3.08. The molecule has 3 rings (SSSR count). The number of para-hydroxylation sites is 1. The number of aliphatic carboxylic acids is 1. The van der Waals surface area contributed by atoms with Crippen LogP contribution < -0.4 is 16.0 Å². The van der Waals surface area contributed by atoms with Crippen LogP contribution in [-0.4, -0.2) is 25.8 Å². The molecule has 0 atom stereocenters. The van der Waals surface area contributed by atoms with Gasteiger partial charge in [-0.25, -0.2) is 4.68 Å². The van der Waals surface area contributed by atoms with Crippen molar-refractivity contribution in [3.8, 4) is 0 Å². The van der Waals surface area contributed by atoms with E-state index in [2.05, 4.69) is 16.7 Å². The average molecular weight is 349 g/mol. The summed E-state index contributed by atoms with van der Waals surface area (Å²) in [5, 5.41) is 15.6. The maximum atomic E-state index is 12.6. The molecule has 3 aromatic rings.